The van der Waals surface area contributed by atoms with E-state index >= 15 is 0 Å². The van der Waals surface area contributed by atoms with Crippen molar-refractivity contribution < 1.29 is 4.74 Å². The van der Waals surface area contributed by atoms with Crippen LogP contribution in [0.4, 0.5) is 0 Å². The van der Waals surface area contributed by atoms with Crippen LogP contribution in [0.2, 0.25) is 0 Å². The van der Waals surface area contributed by atoms with Crippen molar-refractivity contribution in [2.45, 2.75) is 5.33 Å². The highest BCUT2D eigenvalue weighted by Crippen LogP contribution is 2.34. The van der Waals surface area contributed by atoms with Gasteiger partial charge in [0.25, 0.3) is 0 Å². The number of ether oxygens (including phenoxy) is 1. The summed E-state index contributed by atoms with van der Waals surface area (Å²) in [4.78, 5) is 0. The number of benzene rings is 1. The first kappa shape index (κ1) is 10.5. The summed E-state index contributed by atoms with van der Waals surface area (Å²) < 4.78 is 7.23. The van der Waals surface area contributed by atoms with Crippen LogP contribution in [-0.2, 0) is 5.33 Å². The molecule has 1 aromatic rings. The highest BCUT2D eigenvalue weighted by molar-refractivity contribution is 9.11. The van der Waals surface area contributed by atoms with Crippen LogP contribution in [0.3, 0.4) is 0 Å². The Hall–Kier alpha value is 0.460. The molecule has 0 fully saturated rings. The molecule has 0 radical (unpaired) electrons. The maximum absolute atomic E-state index is 5.15. The Labute approximate surface area is 96.9 Å². The summed E-state index contributed by atoms with van der Waals surface area (Å²) in [6.07, 6.45) is 0. The maximum atomic E-state index is 5.15. The number of methoxy groups -OCH3 is 1. The van der Waals surface area contributed by atoms with Gasteiger partial charge < -0.3 is 4.74 Å². The molecule has 0 saturated carbocycles. The molecular weight excluding hydrogens is 352 g/mol. The second-order valence-corrected chi connectivity index (χ2v) is 4.38. The van der Waals surface area contributed by atoms with E-state index in [-0.39, 0.29) is 0 Å². The number of hydrogen-bond acceptors (Lipinski definition) is 1. The topological polar surface area (TPSA) is 9.23 Å². The minimum atomic E-state index is 0.797. The van der Waals surface area contributed by atoms with E-state index < -0.39 is 0 Å². The molecule has 1 aromatic carbocycles. The Morgan fingerprint density at radius 1 is 1.33 bits per heavy atom. The van der Waals surface area contributed by atoms with Crippen molar-refractivity contribution in [3.8, 4) is 5.75 Å². The van der Waals surface area contributed by atoms with Gasteiger partial charge in [-0.15, -0.1) is 0 Å². The van der Waals surface area contributed by atoms with Crippen LogP contribution in [0.5, 0.6) is 5.75 Å². The van der Waals surface area contributed by atoms with Crippen molar-refractivity contribution in [3.63, 3.8) is 0 Å². The van der Waals surface area contributed by atoms with Gasteiger partial charge in [0.05, 0.1) is 11.6 Å². The highest BCUT2D eigenvalue weighted by Gasteiger charge is 2.08. The molecule has 0 amide bonds. The van der Waals surface area contributed by atoms with Crippen LogP contribution < -0.4 is 4.74 Å². The summed E-state index contributed by atoms with van der Waals surface area (Å²) in [6, 6.07) is 3.89. The molecule has 0 heterocycles. The molecule has 0 aliphatic rings. The average molecular weight is 359 g/mol. The van der Waals surface area contributed by atoms with Gasteiger partial charge in [0.1, 0.15) is 5.75 Å². The molecule has 0 aliphatic carbocycles. The summed E-state index contributed by atoms with van der Waals surface area (Å²) in [5.41, 5.74) is 1.16. The van der Waals surface area contributed by atoms with E-state index in [0.717, 1.165) is 25.6 Å². The van der Waals surface area contributed by atoms with Crippen LogP contribution >= 0.6 is 47.8 Å². The lowest BCUT2D eigenvalue weighted by atomic mass is 10.2. The number of halogens is 3. The fourth-order valence-corrected chi connectivity index (χ4v) is 3.58. The zero-order valence-electron chi connectivity index (χ0n) is 6.40. The van der Waals surface area contributed by atoms with Gasteiger partial charge in [-0.2, -0.15) is 0 Å². The lowest BCUT2D eigenvalue weighted by Crippen LogP contribution is -1.89. The number of hydrogen-bond donors (Lipinski definition) is 0. The fraction of sp³-hybridized carbons (Fsp3) is 0.250. The van der Waals surface area contributed by atoms with Gasteiger partial charge in [0, 0.05) is 9.80 Å². The van der Waals surface area contributed by atoms with E-state index in [1.807, 2.05) is 12.1 Å². The van der Waals surface area contributed by atoms with Gasteiger partial charge >= 0.3 is 0 Å². The smallest absolute Gasteiger partial charge is 0.133 e. The predicted molar refractivity (Wildman–Crippen MR) is 61.0 cm³/mol. The first-order valence-corrected chi connectivity index (χ1v) is 5.98. The molecule has 1 nitrogen and oxygen atoms in total. The summed E-state index contributed by atoms with van der Waals surface area (Å²) in [5.74, 6) is 0.854. The van der Waals surface area contributed by atoms with Crippen molar-refractivity contribution in [3.05, 3.63) is 26.6 Å². The van der Waals surface area contributed by atoms with E-state index in [1.165, 1.54) is 0 Å². The van der Waals surface area contributed by atoms with Gasteiger partial charge in [-0.3, -0.25) is 0 Å². The van der Waals surface area contributed by atoms with Crippen LogP contribution in [0, 0.1) is 0 Å². The Kier molecular flexibility index (Phi) is 4.06. The van der Waals surface area contributed by atoms with Crippen LogP contribution in [0.15, 0.2) is 21.1 Å². The SMILES string of the molecule is COc1ccc(Br)c(CBr)c1Br. The van der Waals surface area contributed by atoms with Crippen molar-refractivity contribution >= 4 is 47.8 Å². The number of rotatable bonds is 2. The molecule has 4 heteroatoms. The highest BCUT2D eigenvalue weighted by atomic mass is 79.9. The fourth-order valence-electron chi connectivity index (χ4n) is 0.856. The molecule has 0 aliphatic heterocycles. The third-order valence-electron chi connectivity index (χ3n) is 1.50. The quantitative estimate of drug-likeness (QED) is 0.723. The van der Waals surface area contributed by atoms with Gasteiger partial charge in [-0.05, 0) is 33.6 Å². The second-order valence-electron chi connectivity index (χ2n) is 2.18. The first-order valence-electron chi connectivity index (χ1n) is 3.27. The van der Waals surface area contributed by atoms with Crippen molar-refractivity contribution in [2.24, 2.45) is 0 Å². The molecule has 0 bridgehead atoms. The van der Waals surface area contributed by atoms with E-state index in [4.69, 9.17) is 4.74 Å². The molecule has 0 atom stereocenters. The molecule has 0 N–H and O–H groups in total. The maximum Gasteiger partial charge on any atom is 0.133 e. The molecular formula is C8H7Br3O. The van der Waals surface area contributed by atoms with E-state index in [0.29, 0.717) is 0 Å². The normalized spacial score (nSPS) is 10.0. The zero-order valence-corrected chi connectivity index (χ0v) is 11.2. The third kappa shape index (κ3) is 2.03. The average Bonchev–Trinajstić information content (AvgIpc) is 2.06. The third-order valence-corrected chi connectivity index (χ3v) is 3.68. The lowest BCUT2D eigenvalue weighted by Gasteiger charge is -2.08. The summed E-state index contributed by atoms with van der Waals surface area (Å²) in [5, 5.41) is 0.797. The van der Waals surface area contributed by atoms with Crippen LogP contribution in [0.1, 0.15) is 5.56 Å². The van der Waals surface area contributed by atoms with E-state index in [9.17, 15) is 0 Å². The number of alkyl halides is 1. The molecule has 0 saturated heterocycles. The van der Waals surface area contributed by atoms with Crippen molar-refractivity contribution in [1.82, 2.24) is 0 Å². The van der Waals surface area contributed by atoms with Gasteiger partial charge in [-0.25, -0.2) is 0 Å². The summed E-state index contributed by atoms with van der Waals surface area (Å²) in [6.45, 7) is 0. The molecule has 0 aromatic heterocycles. The molecule has 1 rings (SSSR count). The zero-order chi connectivity index (χ0) is 9.14. The molecule has 12 heavy (non-hydrogen) atoms. The summed E-state index contributed by atoms with van der Waals surface area (Å²) >= 11 is 10.3. The van der Waals surface area contributed by atoms with Gasteiger partial charge in [-0.1, -0.05) is 31.9 Å². The predicted octanol–water partition coefficient (Wildman–Crippen LogP) is 4.12. The molecule has 0 unspecified atom stereocenters. The molecule has 0 spiro atoms. The summed E-state index contributed by atoms with van der Waals surface area (Å²) in [7, 11) is 1.66. The van der Waals surface area contributed by atoms with Gasteiger partial charge in [0.2, 0.25) is 0 Å². The Bertz CT molecular complexity index is 286. The minimum Gasteiger partial charge on any atom is -0.496 e. The minimum absolute atomic E-state index is 0.797. The Morgan fingerprint density at radius 2 is 2.00 bits per heavy atom. The monoisotopic (exact) mass is 356 g/mol. The van der Waals surface area contributed by atoms with Crippen LogP contribution in [0.25, 0.3) is 0 Å². The Morgan fingerprint density at radius 3 is 2.50 bits per heavy atom. The van der Waals surface area contributed by atoms with Crippen molar-refractivity contribution in [2.75, 3.05) is 7.11 Å². The Balaban J connectivity index is 3.24. The van der Waals surface area contributed by atoms with Crippen molar-refractivity contribution in [1.29, 1.82) is 0 Å². The molecule has 66 valence electrons. The lowest BCUT2D eigenvalue weighted by molar-refractivity contribution is 0.411. The van der Waals surface area contributed by atoms with E-state index in [2.05, 4.69) is 47.8 Å². The van der Waals surface area contributed by atoms with E-state index in [1.54, 1.807) is 7.11 Å². The standard InChI is InChI=1S/C8H7Br3O/c1-12-7-3-2-6(10)5(4-9)8(7)11/h2-3H,4H2,1H3. The largest absolute Gasteiger partial charge is 0.496 e. The first-order chi connectivity index (χ1) is 5.70. The van der Waals surface area contributed by atoms with Gasteiger partial charge in [0.15, 0.2) is 0 Å². The van der Waals surface area contributed by atoms with Crippen LogP contribution in [-0.4, -0.2) is 7.11 Å². The second kappa shape index (κ2) is 4.63.